The Morgan fingerprint density at radius 1 is 0.368 bits per heavy atom. The number of fused-ring (bicyclic) bond motifs is 10. The Hall–Kier alpha value is -5.61. The van der Waals surface area contributed by atoms with Crippen LogP contribution >= 0.6 is 54.5 Å². The van der Waals surface area contributed by atoms with Gasteiger partial charge in [-0.3, -0.25) is 0 Å². The molecule has 0 spiro atoms. The van der Waals surface area contributed by atoms with Gasteiger partial charge < -0.3 is 10.0 Å². The molecule has 0 radical (unpaired) electrons. The van der Waals surface area contributed by atoms with Gasteiger partial charge in [-0.25, -0.2) is 0 Å². The molecule has 332 valence electrons. The summed E-state index contributed by atoms with van der Waals surface area (Å²) in [5.74, 6) is 0. The molecular formula is C62H48BBr2IO2. The summed E-state index contributed by atoms with van der Waals surface area (Å²) >= 11 is 10.00. The third-order valence-electron chi connectivity index (χ3n) is 13.9. The van der Waals surface area contributed by atoms with Crippen LogP contribution in [0.1, 0.15) is 49.9 Å². The Balaban J connectivity index is 0.000000129. The maximum atomic E-state index is 9.22. The van der Waals surface area contributed by atoms with Crippen LogP contribution in [0, 0.1) is 3.57 Å². The molecule has 10 aromatic rings. The second-order valence-electron chi connectivity index (χ2n) is 18.6. The summed E-state index contributed by atoms with van der Waals surface area (Å²) in [6.07, 6.45) is 0. The molecule has 0 fully saturated rings. The van der Waals surface area contributed by atoms with Gasteiger partial charge in [0.15, 0.2) is 0 Å². The quantitative estimate of drug-likeness (QED) is 0.136. The fourth-order valence-electron chi connectivity index (χ4n) is 10.4. The fraction of sp³-hybridized carbons (Fsp3) is 0.0968. The van der Waals surface area contributed by atoms with Crippen molar-refractivity contribution < 1.29 is 10.0 Å². The lowest BCUT2D eigenvalue weighted by Crippen LogP contribution is -2.31. The number of benzene rings is 10. The fourth-order valence-corrected chi connectivity index (χ4v) is 12.1. The largest absolute Gasteiger partial charge is 0.489 e. The van der Waals surface area contributed by atoms with Crippen LogP contribution in [0.25, 0.3) is 77.2 Å². The molecule has 0 heterocycles. The number of hydrogen-bond acceptors (Lipinski definition) is 2. The number of halogens is 3. The Kier molecular flexibility index (Phi) is 12.7. The van der Waals surface area contributed by atoms with Crippen LogP contribution < -0.4 is 5.46 Å². The van der Waals surface area contributed by atoms with Gasteiger partial charge in [0, 0.05) is 23.3 Å². The van der Waals surface area contributed by atoms with Gasteiger partial charge in [-0.1, -0.05) is 235 Å². The first-order valence-electron chi connectivity index (χ1n) is 22.9. The van der Waals surface area contributed by atoms with E-state index in [9.17, 15) is 10.0 Å². The van der Waals surface area contributed by atoms with Crippen LogP contribution in [0.2, 0.25) is 0 Å². The van der Waals surface area contributed by atoms with Crippen LogP contribution in [0.15, 0.2) is 215 Å². The topological polar surface area (TPSA) is 40.5 Å². The summed E-state index contributed by atoms with van der Waals surface area (Å²) in [5.41, 5.74) is 18.6. The predicted octanol–water partition coefficient (Wildman–Crippen LogP) is 16.8. The van der Waals surface area contributed by atoms with Crippen molar-refractivity contribution in [3.63, 3.8) is 0 Å². The van der Waals surface area contributed by atoms with E-state index in [1.807, 2.05) is 42.5 Å². The first-order chi connectivity index (χ1) is 32.8. The highest BCUT2D eigenvalue weighted by molar-refractivity contribution is 14.1. The van der Waals surface area contributed by atoms with Crippen molar-refractivity contribution in [1.82, 2.24) is 0 Å². The average molecular weight is 1120 g/mol. The lowest BCUT2D eigenvalue weighted by atomic mass is 9.75. The zero-order valence-electron chi connectivity index (χ0n) is 38.2. The van der Waals surface area contributed by atoms with E-state index in [0.717, 1.165) is 11.1 Å². The van der Waals surface area contributed by atoms with Gasteiger partial charge in [0.05, 0.1) is 0 Å². The standard InChI is InChI=1S/C31H23Br.C19H14BrI.C12H11BO2/c1-31(2)27-18-21(23-13-7-6-12-22(23)20-10-4-3-5-11-20)16-17-26(27)30-25-15-9-8-14-24(25)29(32)19-28(30)31;1-19(2)15-9-11(21)7-8-14(15)18-13-6-4-3-5-12(13)17(20)10-16(18)19;14-13(15)12-9-5-4-8-11(12)10-6-2-1-3-7-10/h3-19H,1-2H3;3-10H,1-2H3;1-9,14-15H. The summed E-state index contributed by atoms with van der Waals surface area (Å²) in [5, 5.41) is 23.7. The van der Waals surface area contributed by atoms with Gasteiger partial charge in [0.2, 0.25) is 0 Å². The van der Waals surface area contributed by atoms with Gasteiger partial charge in [-0.05, 0) is 158 Å². The zero-order valence-corrected chi connectivity index (χ0v) is 43.6. The molecule has 0 amide bonds. The van der Waals surface area contributed by atoms with E-state index in [2.05, 4.69) is 234 Å². The van der Waals surface area contributed by atoms with Crippen LogP contribution in [-0.4, -0.2) is 17.2 Å². The van der Waals surface area contributed by atoms with E-state index in [1.54, 1.807) is 12.1 Å². The van der Waals surface area contributed by atoms with E-state index in [1.165, 1.54) is 101 Å². The summed E-state index contributed by atoms with van der Waals surface area (Å²) in [6, 6.07) is 72.2. The van der Waals surface area contributed by atoms with Crippen molar-refractivity contribution in [3.8, 4) is 55.6 Å². The van der Waals surface area contributed by atoms with Crippen LogP contribution in [0.3, 0.4) is 0 Å². The van der Waals surface area contributed by atoms with Crippen molar-refractivity contribution in [2.24, 2.45) is 0 Å². The molecule has 2 nitrogen and oxygen atoms in total. The van der Waals surface area contributed by atoms with Crippen molar-refractivity contribution in [2.45, 2.75) is 38.5 Å². The van der Waals surface area contributed by atoms with Crippen molar-refractivity contribution in [3.05, 3.63) is 241 Å². The first-order valence-corrected chi connectivity index (χ1v) is 25.5. The Bertz CT molecular complexity index is 3530. The molecule has 2 aliphatic rings. The lowest BCUT2D eigenvalue weighted by molar-refractivity contribution is 0.426. The van der Waals surface area contributed by atoms with Crippen LogP contribution in [0.5, 0.6) is 0 Å². The molecule has 0 aliphatic heterocycles. The van der Waals surface area contributed by atoms with E-state index < -0.39 is 7.12 Å². The van der Waals surface area contributed by atoms with Gasteiger partial charge in [-0.15, -0.1) is 0 Å². The lowest BCUT2D eigenvalue weighted by Gasteiger charge is -2.23. The first kappa shape index (κ1) is 46.1. The molecule has 68 heavy (non-hydrogen) atoms. The second kappa shape index (κ2) is 18.7. The molecule has 10 aromatic carbocycles. The highest BCUT2D eigenvalue weighted by Gasteiger charge is 2.38. The Labute approximate surface area is 430 Å². The zero-order chi connectivity index (χ0) is 47.3. The van der Waals surface area contributed by atoms with E-state index in [0.29, 0.717) is 5.46 Å². The minimum absolute atomic E-state index is 0.0540. The third kappa shape index (κ3) is 8.28. The van der Waals surface area contributed by atoms with Gasteiger partial charge in [0.1, 0.15) is 0 Å². The molecule has 6 heteroatoms. The second-order valence-corrected chi connectivity index (χ2v) is 21.5. The van der Waals surface area contributed by atoms with Gasteiger partial charge in [0.25, 0.3) is 0 Å². The van der Waals surface area contributed by atoms with E-state index in [-0.39, 0.29) is 10.8 Å². The molecule has 0 saturated heterocycles. The maximum absolute atomic E-state index is 9.22. The van der Waals surface area contributed by atoms with Crippen molar-refractivity contribution in [2.75, 3.05) is 0 Å². The highest BCUT2D eigenvalue weighted by atomic mass is 127. The number of hydrogen-bond donors (Lipinski definition) is 2. The highest BCUT2D eigenvalue weighted by Crippen LogP contribution is 2.55. The summed E-state index contributed by atoms with van der Waals surface area (Å²) in [7, 11) is -1.43. The van der Waals surface area contributed by atoms with Gasteiger partial charge in [-0.2, -0.15) is 0 Å². The Morgan fingerprint density at radius 2 is 0.765 bits per heavy atom. The predicted molar refractivity (Wildman–Crippen MR) is 304 cm³/mol. The summed E-state index contributed by atoms with van der Waals surface area (Å²) in [6.45, 7) is 9.36. The van der Waals surface area contributed by atoms with Crippen molar-refractivity contribution in [1.29, 1.82) is 0 Å². The smallest absolute Gasteiger partial charge is 0.423 e. The molecule has 0 aromatic heterocycles. The maximum Gasteiger partial charge on any atom is 0.489 e. The van der Waals surface area contributed by atoms with Crippen LogP contribution in [0.4, 0.5) is 0 Å². The van der Waals surface area contributed by atoms with Gasteiger partial charge >= 0.3 is 7.12 Å². The SMILES string of the molecule is CC1(C)c2cc(-c3ccccc3-c3ccccc3)ccc2-c2c1cc(Br)c1ccccc21.CC1(C)c2cc(I)ccc2-c2c1cc(Br)c1ccccc21.OB(O)c1ccccc1-c1ccccc1. The van der Waals surface area contributed by atoms with E-state index in [4.69, 9.17) is 0 Å². The number of rotatable bonds is 4. The summed E-state index contributed by atoms with van der Waals surface area (Å²) < 4.78 is 3.66. The molecule has 0 unspecified atom stereocenters. The van der Waals surface area contributed by atoms with E-state index >= 15 is 0 Å². The molecular weight excluding hydrogens is 1070 g/mol. The van der Waals surface area contributed by atoms with Crippen LogP contribution in [-0.2, 0) is 10.8 Å². The minimum Gasteiger partial charge on any atom is -0.423 e. The summed E-state index contributed by atoms with van der Waals surface area (Å²) in [4.78, 5) is 0. The molecule has 0 atom stereocenters. The molecule has 2 aliphatic carbocycles. The third-order valence-corrected chi connectivity index (χ3v) is 15.9. The normalized spacial score (nSPS) is 13.3. The molecule has 0 saturated carbocycles. The minimum atomic E-state index is -1.43. The average Bonchev–Trinajstić information content (AvgIpc) is 3.73. The molecule has 2 N–H and O–H groups in total. The monoisotopic (exact) mass is 1120 g/mol. The Morgan fingerprint density at radius 3 is 1.28 bits per heavy atom. The molecule has 0 bridgehead atoms. The van der Waals surface area contributed by atoms with Crippen molar-refractivity contribution >= 4 is 88.6 Å². The molecule has 12 rings (SSSR count).